The maximum absolute atomic E-state index is 12.5. The average Bonchev–Trinajstić information content (AvgIpc) is 2.54. The molecule has 1 amide bonds. The summed E-state index contributed by atoms with van der Waals surface area (Å²) in [6, 6.07) is 1.70. The van der Waals surface area contributed by atoms with Crippen LogP contribution in [0, 0.1) is 0 Å². The van der Waals surface area contributed by atoms with Crippen LogP contribution in [0.25, 0.3) is 0 Å². The summed E-state index contributed by atoms with van der Waals surface area (Å²) in [4.78, 5) is 20.8. The summed E-state index contributed by atoms with van der Waals surface area (Å²) in [5.41, 5.74) is 4.30. The SMILES string of the molecule is CN(C)Cc1cncc2c1CCN(C(=O)c1ccnnc1)C2. The van der Waals surface area contributed by atoms with E-state index >= 15 is 0 Å². The molecule has 22 heavy (non-hydrogen) atoms. The van der Waals surface area contributed by atoms with Gasteiger partial charge in [-0.15, -0.1) is 0 Å². The predicted molar refractivity (Wildman–Crippen MR) is 82.1 cm³/mol. The van der Waals surface area contributed by atoms with Gasteiger partial charge in [0.1, 0.15) is 0 Å². The summed E-state index contributed by atoms with van der Waals surface area (Å²) in [7, 11) is 4.10. The lowest BCUT2D eigenvalue weighted by Crippen LogP contribution is -2.36. The second-order valence-corrected chi connectivity index (χ2v) is 5.78. The Kier molecular flexibility index (Phi) is 4.11. The van der Waals surface area contributed by atoms with Gasteiger partial charge in [-0.25, -0.2) is 0 Å². The van der Waals surface area contributed by atoms with Crippen LogP contribution >= 0.6 is 0 Å². The molecule has 2 aromatic heterocycles. The van der Waals surface area contributed by atoms with Crippen molar-refractivity contribution in [2.45, 2.75) is 19.5 Å². The monoisotopic (exact) mass is 297 g/mol. The van der Waals surface area contributed by atoms with Crippen molar-refractivity contribution in [2.24, 2.45) is 0 Å². The first kappa shape index (κ1) is 14.6. The molecule has 0 N–H and O–H groups in total. The number of aromatic nitrogens is 3. The third-order valence-corrected chi connectivity index (χ3v) is 3.83. The summed E-state index contributed by atoms with van der Waals surface area (Å²) in [6.07, 6.45) is 7.73. The molecular formula is C16H19N5O. The maximum atomic E-state index is 12.5. The first-order chi connectivity index (χ1) is 10.6. The van der Waals surface area contributed by atoms with Gasteiger partial charge in [-0.2, -0.15) is 10.2 Å². The van der Waals surface area contributed by atoms with Crippen molar-refractivity contribution in [1.29, 1.82) is 0 Å². The first-order valence-electron chi connectivity index (χ1n) is 7.30. The molecule has 3 heterocycles. The molecule has 0 fully saturated rings. The summed E-state index contributed by atoms with van der Waals surface area (Å²) in [6.45, 7) is 2.20. The zero-order valence-corrected chi connectivity index (χ0v) is 12.9. The summed E-state index contributed by atoms with van der Waals surface area (Å²) >= 11 is 0. The van der Waals surface area contributed by atoms with E-state index in [1.165, 1.54) is 17.3 Å². The molecule has 0 saturated carbocycles. The topological polar surface area (TPSA) is 62.2 Å². The Morgan fingerprint density at radius 3 is 2.86 bits per heavy atom. The number of pyridine rings is 1. The molecule has 0 spiro atoms. The number of nitrogens with zero attached hydrogens (tertiary/aromatic N) is 5. The van der Waals surface area contributed by atoms with E-state index in [-0.39, 0.29) is 5.91 Å². The minimum atomic E-state index is -0.00133. The number of carbonyl (C=O) groups is 1. The van der Waals surface area contributed by atoms with Crippen LogP contribution in [-0.4, -0.2) is 51.5 Å². The van der Waals surface area contributed by atoms with Crippen LogP contribution in [0.2, 0.25) is 0 Å². The van der Waals surface area contributed by atoms with Crippen LogP contribution in [-0.2, 0) is 19.5 Å². The number of carbonyl (C=O) groups excluding carboxylic acids is 1. The highest BCUT2D eigenvalue weighted by atomic mass is 16.2. The Labute approximate surface area is 129 Å². The van der Waals surface area contributed by atoms with Gasteiger partial charge in [0.25, 0.3) is 5.91 Å². The van der Waals surface area contributed by atoms with Gasteiger partial charge in [0.05, 0.1) is 18.0 Å². The van der Waals surface area contributed by atoms with Crippen molar-refractivity contribution < 1.29 is 4.79 Å². The number of hydrogen-bond donors (Lipinski definition) is 0. The van der Waals surface area contributed by atoms with Gasteiger partial charge in [-0.3, -0.25) is 9.78 Å². The lowest BCUT2D eigenvalue weighted by Gasteiger charge is -2.30. The Bertz CT molecular complexity index is 671. The number of hydrogen-bond acceptors (Lipinski definition) is 5. The highest BCUT2D eigenvalue weighted by molar-refractivity contribution is 5.93. The first-order valence-corrected chi connectivity index (χ1v) is 7.30. The quantitative estimate of drug-likeness (QED) is 0.850. The van der Waals surface area contributed by atoms with Crippen LogP contribution in [0.1, 0.15) is 27.0 Å². The molecule has 0 saturated heterocycles. The fourth-order valence-corrected chi connectivity index (χ4v) is 2.82. The van der Waals surface area contributed by atoms with Crippen molar-refractivity contribution in [2.75, 3.05) is 20.6 Å². The Balaban J connectivity index is 1.81. The van der Waals surface area contributed by atoms with Crippen LogP contribution in [0.15, 0.2) is 30.9 Å². The lowest BCUT2D eigenvalue weighted by molar-refractivity contribution is 0.0733. The van der Waals surface area contributed by atoms with E-state index in [1.807, 2.05) is 17.3 Å². The molecule has 6 nitrogen and oxygen atoms in total. The molecule has 0 unspecified atom stereocenters. The van der Waals surface area contributed by atoms with Crippen molar-refractivity contribution in [1.82, 2.24) is 25.0 Å². The van der Waals surface area contributed by atoms with E-state index in [4.69, 9.17) is 0 Å². The number of rotatable bonds is 3. The molecule has 0 aromatic carbocycles. The highest BCUT2D eigenvalue weighted by Gasteiger charge is 2.23. The van der Waals surface area contributed by atoms with E-state index < -0.39 is 0 Å². The fraction of sp³-hybridized carbons (Fsp3) is 0.375. The summed E-state index contributed by atoms with van der Waals surface area (Å²) < 4.78 is 0. The van der Waals surface area contributed by atoms with Crippen LogP contribution in [0.5, 0.6) is 0 Å². The molecule has 3 rings (SSSR count). The average molecular weight is 297 g/mol. The fourth-order valence-electron chi connectivity index (χ4n) is 2.82. The van der Waals surface area contributed by atoms with Crippen molar-refractivity contribution in [3.05, 3.63) is 53.1 Å². The van der Waals surface area contributed by atoms with Crippen LogP contribution in [0.4, 0.5) is 0 Å². The molecule has 6 heteroatoms. The van der Waals surface area contributed by atoms with E-state index in [9.17, 15) is 4.79 Å². The maximum Gasteiger partial charge on any atom is 0.255 e. The van der Waals surface area contributed by atoms with Crippen molar-refractivity contribution in [3.8, 4) is 0 Å². The molecule has 2 aromatic rings. The molecule has 0 atom stereocenters. The van der Waals surface area contributed by atoms with Gasteiger partial charge >= 0.3 is 0 Å². The minimum Gasteiger partial charge on any atom is -0.334 e. The normalized spacial score (nSPS) is 14.0. The number of fused-ring (bicyclic) bond motifs is 1. The van der Waals surface area contributed by atoms with Crippen molar-refractivity contribution >= 4 is 5.91 Å². The van der Waals surface area contributed by atoms with Crippen molar-refractivity contribution in [3.63, 3.8) is 0 Å². The zero-order valence-electron chi connectivity index (χ0n) is 12.9. The van der Waals surface area contributed by atoms with Gasteiger partial charge in [-0.05, 0) is 43.3 Å². The standard InChI is InChI=1S/C16H19N5O/c1-20(2)10-13-7-17-8-14-11-21(6-4-15(13)14)16(22)12-3-5-18-19-9-12/h3,5,7-9H,4,6,10-11H2,1-2H3. The third-order valence-electron chi connectivity index (χ3n) is 3.83. The van der Waals surface area contributed by atoms with Gasteiger partial charge in [0, 0.05) is 32.0 Å². The van der Waals surface area contributed by atoms with Gasteiger partial charge in [-0.1, -0.05) is 0 Å². The van der Waals surface area contributed by atoms with Gasteiger partial charge < -0.3 is 9.80 Å². The second-order valence-electron chi connectivity index (χ2n) is 5.78. The molecular weight excluding hydrogens is 278 g/mol. The molecule has 0 bridgehead atoms. The molecule has 0 radical (unpaired) electrons. The van der Waals surface area contributed by atoms with Gasteiger partial charge in [0.15, 0.2) is 0 Å². The van der Waals surface area contributed by atoms with E-state index in [0.717, 1.165) is 25.1 Å². The van der Waals surface area contributed by atoms with E-state index in [2.05, 4.69) is 34.2 Å². The summed E-state index contributed by atoms with van der Waals surface area (Å²) in [5.74, 6) is -0.00133. The largest absolute Gasteiger partial charge is 0.334 e. The zero-order chi connectivity index (χ0) is 15.5. The van der Waals surface area contributed by atoms with Gasteiger partial charge in [0.2, 0.25) is 0 Å². The Hall–Kier alpha value is -2.34. The minimum absolute atomic E-state index is 0.00133. The third kappa shape index (κ3) is 2.96. The summed E-state index contributed by atoms with van der Waals surface area (Å²) in [5, 5.41) is 7.49. The Morgan fingerprint density at radius 1 is 1.27 bits per heavy atom. The van der Waals surface area contributed by atoms with Crippen LogP contribution in [0.3, 0.4) is 0 Å². The highest BCUT2D eigenvalue weighted by Crippen LogP contribution is 2.23. The number of amides is 1. The van der Waals surface area contributed by atoms with E-state index in [1.54, 1.807) is 12.3 Å². The van der Waals surface area contributed by atoms with E-state index in [0.29, 0.717) is 12.1 Å². The predicted octanol–water partition coefficient (Wildman–Crippen LogP) is 1.13. The van der Waals surface area contributed by atoms with Crippen LogP contribution < -0.4 is 0 Å². The molecule has 0 aliphatic carbocycles. The molecule has 1 aliphatic rings. The molecule has 114 valence electrons. The molecule has 1 aliphatic heterocycles. The lowest BCUT2D eigenvalue weighted by atomic mass is 9.96. The second kappa shape index (κ2) is 6.19. The smallest absolute Gasteiger partial charge is 0.255 e. The Morgan fingerprint density at radius 2 is 2.14 bits per heavy atom.